The van der Waals surface area contributed by atoms with Crippen LogP contribution in [-0.4, -0.2) is 25.0 Å². The smallest absolute Gasteiger partial charge is 0.118 e. The van der Waals surface area contributed by atoms with E-state index in [1.54, 1.807) is 0 Å². The van der Waals surface area contributed by atoms with E-state index in [-0.39, 0.29) is 0 Å². The van der Waals surface area contributed by atoms with Gasteiger partial charge in [0.1, 0.15) is 11.5 Å². The largest absolute Gasteiger partial charge is 0.465 e. The lowest BCUT2D eigenvalue weighted by Gasteiger charge is -2.11. The van der Waals surface area contributed by atoms with Crippen LogP contribution in [0.1, 0.15) is 24.0 Å². The Kier molecular flexibility index (Phi) is 5.10. The van der Waals surface area contributed by atoms with E-state index in [1.165, 1.54) is 5.56 Å². The lowest BCUT2D eigenvalue weighted by Crippen LogP contribution is -2.17. The minimum absolute atomic E-state index is 0.660. The quantitative estimate of drug-likeness (QED) is 0.741. The molecule has 0 amide bonds. The highest BCUT2D eigenvalue weighted by atomic mass is 16.3. The molecule has 0 unspecified atom stereocenters. The van der Waals surface area contributed by atoms with E-state index >= 15 is 0 Å². The molecule has 16 heavy (non-hydrogen) atoms. The Morgan fingerprint density at radius 3 is 2.94 bits per heavy atom. The van der Waals surface area contributed by atoms with E-state index < -0.39 is 0 Å². The third-order valence-corrected chi connectivity index (χ3v) is 2.42. The third kappa shape index (κ3) is 3.73. The molecule has 88 valence electrons. The van der Waals surface area contributed by atoms with E-state index in [0.717, 1.165) is 31.2 Å². The van der Waals surface area contributed by atoms with Crippen molar-refractivity contribution in [1.29, 1.82) is 0 Å². The van der Waals surface area contributed by atoms with Gasteiger partial charge >= 0.3 is 0 Å². The van der Waals surface area contributed by atoms with Crippen LogP contribution < -0.4 is 5.32 Å². The molecule has 0 radical (unpaired) electrons. The fourth-order valence-corrected chi connectivity index (χ4v) is 1.58. The van der Waals surface area contributed by atoms with Gasteiger partial charge in [0.05, 0.1) is 13.1 Å². The molecule has 0 aromatic carbocycles. The van der Waals surface area contributed by atoms with Gasteiger partial charge in [-0.1, -0.05) is 12.8 Å². The fraction of sp³-hybridized carbons (Fsp3) is 0.538. The van der Waals surface area contributed by atoms with Crippen molar-refractivity contribution in [3.8, 4) is 12.3 Å². The number of hydrogen-bond donors (Lipinski definition) is 1. The van der Waals surface area contributed by atoms with Crippen molar-refractivity contribution in [3.63, 3.8) is 0 Å². The molecule has 1 aromatic rings. The summed E-state index contributed by atoms with van der Waals surface area (Å²) in [6.07, 6.45) is 5.27. The first-order chi connectivity index (χ1) is 7.67. The van der Waals surface area contributed by atoms with E-state index in [9.17, 15) is 0 Å². The molecule has 0 atom stereocenters. The van der Waals surface area contributed by atoms with Crippen LogP contribution in [0.2, 0.25) is 0 Å². The summed E-state index contributed by atoms with van der Waals surface area (Å²) in [4.78, 5) is 2.09. The highest BCUT2D eigenvalue weighted by Crippen LogP contribution is 2.16. The number of hydrogen-bond acceptors (Lipinski definition) is 3. The van der Waals surface area contributed by atoms with Crippen LogP contribution in [0, 0.1) is 19.3 Å². The van der Waals surface area contributed by atoms with Crippen molar-refractivity contribution in [3.05, 3.63) is 23.2 Å². The van der Waals surface area contributed by atoms with Crippen LogP contribution in [0.15, 0.2) is 10.5 Å². The molecule has 1 heterocycles. The first-order valence-electron chi connectivity index (χ1n) is 5.58. The molecule has 0 saturated heterocycles. The van der Waals surface area contributed by atoms with Crippen molar-refractivity contribution in [2.75, 3.05) is 20.1 Å². The zero-order valence-corrected chi connectivity index (χ0v) is 10.3. The maximum atomic E-state index is 5.65. The molecule has 1 aromatic heterocycles. The summed E-state index contributed by atoms with van der Waals surface area (Å²) in [6, 6.07) is 2.10. The molecule has 0 spiro atoms. The molecule has 0 bridgehead atoms. The standard InChI is InChI=1S/C13H20N2O/c1-5-7-15(4)10-12-8-13(9-14-6-2)16-11(12)3/h1,8,14H,6-7,9-10H2,2-4H3. The number of aryl methyl sites for hydroxylation is 1. The number of nitrogens with one attached hydrogen (secondary N) is 1. The molecule has 0 aliphatic rings. The van der Waals surface area contributed by atoms with E-state index in [0.29, 0.717) is 6.54 Å². The SMILES string of the molecule is C#CCN(C)Cc1cc(CNCC)oc1C. The molecule has 1 rings (SSSR count). The van der Waals surface area contributed by atoms with Gasteiger partial charge in [-0.25, -0.2) is 0 Å². The van der Waals surface area contributed by atoms with Crippen LogP contribution >= 0.6 is 0 Å². The maximum Gasteiger partial charge on any atom is 0.118 e. The van der Waals surface area contributed by atoms with Gasteiger partial charge in [-0.3, -0.25) is 4.90 Å². The van der Waals surface area contributed by atoms with Crippen LogP contribution in [0.4, 0.5) is 0 Å². The van der Waals surface area contributed by atoms with Gasteiger partial charge in [-0.05, 0) is 26.6 Å². The Bertz CT molecular complexity index is 362. The Labute approximate surface area is 97.8 Å². The number of terminal acetylenes is 1. The second kappa shape index (κ2) is 6.37. The molecular weight excluding hydrogens is 200 g/mol. The van der Waals surface area contributed by atoms with Gasteiger partial charge in [0.15, 0.2) is 0 Å². The zero-order chi connectivity index (χ0) is 12.0. The summed E-state index contributed by atoms with van der Waals surface area (Å²) in [7, 11) is 2.01. The zero-order valence-electron chi connectivity index (χ0n) is 10.3. The minimum Gasteiger partial charge on any atom is -0.465 e. The predicted molar refractivity (Wildman–Crippen MR) is 66.0 cm³/mol. The molecule has 1 N–H and O–H groups in total. The highest BCUT2D eigenvalue weighted by Gasteiger charge is 2.08. The second-order valence-corrected chi connectivity index (χ2v) is 3.95. The number of rotatable bonds is 6. The molecule has 0 fully saturated rings. The molecule has 3 heteroatoms. The van der Waals surface area contributed by atoms with E-state index in [4.69, 9.17) is 10.8 Å². The van der Waals surface area contributed by atoms with Crippen LogP contribution in [0.25, 0.3) is 0 Å². The lowest BCUT2D eigenvalue weighted by atomic mass is 10.2. The van der Waals surface area contributed by atoms with Gasteiger partial charge < -0.3 is 9.73 Å². The molecular formula is C13H20N2O. The lowest BCUT2D eigenvalue weighted by molar-refractivity contribution is 0.364. The molecule has 0 saturated carbocycles. The van der Waals surface area contributed by atoms with Crippen molar-refractivity contribution in [2.45, 2.75) is 26.9 Å². The number of furan rings is 1. The van der Waals surface area contributed by atoms with E-state index in [1.807, 2.05) is 14.0 Å². The normalized spacial score (nSPS) is 10.7. The van der Waals surface area contributed by atoms with Gasteiger partial charge in [-0.15, -0.1) is 6.42 Å². The van der Waals surface area contributed by atoms with Crippen molar-refractivity contribution in [2.24, 2.45) is 0 Å². The summed E-state index contributed by atoms with van der Waals surface area (Å²) in [5.74, 6) is 4.60. The summed E-state index contributed by atoms with van der Waals surface area (Å²) in [5.41, 5.74) is 1.21. The van der Waals surface area contributed by atoms with Gasteiger partial charge in [0.2, 0.25) is 0 Å². The fourth-order valence-electron chi connectivity index (χ4n) is 1.58. The summed E-state index contributed by atoms with van der Waals surface area (Å²) < 4.78 is 5.65. The Morgan fingerprint density at radius 2 is 2.31 bits per heavy atom. The monoisotopic (exact) mass is 220 g/mol. The second-order valence-electron chi connectivity index (χ2n) is 3.95. The predicted octanol–water partition coefficient (Wildman–Crippen LogP) is 1.76. The summed E-state index contributed by atoms with van der Waals surface area (Å²) >= 11 is 0. The Balaban J connectivity index is 2.59. The highest BCUT2D eigenvalue weighted by molar-refractivity contribution is 5.20. The van der Waals surface area contributed by atoms with Crippen LogP contribution in [0.5, 0.6) is 0 Å². The molecule has 0 aliphatic carbocycles. The van der Waals surface area contributed by atoms with Crippen molar-refractivity contribution < 1.29 is 4.42 Å². The Morgan fingerprint density at radius 1 is 1.56 bits per heavy atom. The van der Waals surface area contributed by atoms with Crippen LogP contribution in [-0.2, 0) is 13.1 Å². The molecule has 0 aliphatic heterocycles. The summed E-state index contributed by atoms with van der Waals surface area (Å²) in [5, 5.41) is 3.24. The van der Waals surface area contributed by atoms with Crippen LogP contribution in [0.3, 0.4) is 0 Å². The Hall–Kier alpha value is -1.24. The molecule has 3 nitrogen and oxygen atoms in total. The van der Waals surface area contributed by atoms with Gasteiger partial charge in [0, 0.05) is 12.1 Å². The van der Waals surface area contributed by atoms with Gasteiger partial charge in [0.25, 0.3) is 0 Å². The van der Waals surface area contributed by atoms with Crippen molar-refractivity contribution >= 4 is 0 Å². The third-order valence-electron chi connectivity index (χ3n) is 2.42. The maximum absolute atomic E-state index is 5.65. The first kappa shape index (κ1) is 12.8. The number of nitrogens with zero attached hydrogens (tertiary/aromatic N) is 1. The van der Waals surface area contributed by atoms with E-state index in [2.05, 4.69) is 29.1 Å². The van der Waals surface area contributed by atoms with Gasteiger partial charge in [-0.2, -0.15) is 0 Å². The minimum atomic E-state index is 0.660. The average molecular weight is 220 g/mol. The summed E-state index contributed by atoms with van der Waals surface area (Å²) in [6.45, 7) is 7.31. The van der Waals surface area contributed by atoms with Crippen molar-refractivity contribution in [1.82, 2.24) is 10.2 Å². The average Bonchev–Trinajstić information content (AvgIpc) is 2.57. The first-order valence-corrected chi connectivity index (χ1v) is 5.58. The topological polar surface area (TPSA) is 28.4 Å².